The van der Waals surface area contributed by atoms with E-state index in [4.69, 9.17) is 9.47 Å². The average Bonchev–Trinajstić information content (AvgIpc) is 2.66. The van der Waals surface area contributed by atoms with E-state index in [-0.39, 0.29) is 23.0 Å². The first kappa shape index (κ1) is 26.4. The summed E-state index contributed by atoms with van der Waals surface area (Å²) in [6, 6.07) is 8.98. The maximum Gasteiger partial charge on any atom is 0.348 e. The van der Waals surface area contributed by atoms with Gasteiger partial charge in [-0.25, -0.2) is 9.59 Å². The van der Waals surface area contributed by atoms with Crippen molar-refractivity contribution in [3.63, 3.8) is 0 Å². The highest BCUT2D eigenvalue weighted by molar-refractivity contribution is 6.15. The van der Waals surface area contributed by atoms with E-state index < -0.39 is 17.7 Å². The van der Waals surface area contributed by atoms with Crippen molar-refractivity contribution >= 4 is 35.1 Å². The lowest BCUT2D eigenvalue weighted by Crippen LogP contribution is -2.41. The van der Waals surface area contributed by atoms with E-state index in [0.717, 1.165) is 0 Å². The fraction of sp³-hybridized carbons (Fsp3) is 0.348. The number of amides is 1. The number of allylic oxidation sites excluding steroid dienone is 2. The summed E-state index contributed by atoms with van der Waals surface area (Å²) in [5, 5.41) is 2.69. The second-order valence-electron chi connectivity index (χ2n) is 7.33. The molecular weight excluding hydrogens is 416 g/mol. The van der Waals surface area contributed by atoms with Gasteiger partial charge in [-0.1, -0.05) is 18.2 Å². The second-order valence-corrected chi connectivity index (χ2v) is 7.33. The van der Waals surface area contributed by atoms with Gasteiger partial charge in [0.1, 0.15) is 17.1 Å². The molecule has 1 fully saturated rings. The van der Waals surface area contributed by atoms with Gasteiger partial charge in [-0.05, 0) is 38.1 Å². The predicted octanol–water partition coefficient (Wildman–Crippen LogP) is 2.07. The Morgan fingerprint density at radius 3 is 1.88 bits per heavy atom. The highest BCUT2D eigenvalue weighted by atomic mass is 16.7. The Labute approximate surface area is 187 Å². The minimum absolute atomic E-state index is 0.0521. The Kier molecular flexibility index (Phi) is 10.2. The fourth-order valence-corrected chi connectivity index (χ4v) is 2.40. The number of Topliss-reactive ketones (excluding diaryl/α,β-unsaturated/α-hetero) is 2. The molecular formula is C23H28N2O7. The van der Waals surface area contributed by atoms with Gasteiger partial charge >= 0.3 is 11.9 Å². The Balaban J connectivity index is 0.000000482. The Morgan fingerprint density at radius 1 is 0.938 bits per heavy atom. The van der Waals surface area contributed by atoms with Crippen LogP contribution >= 0.6 is 0 Å². The number of benzene rings is 1. The number of anilines is 1. The highest BCUT2D eigenvalue weighted by Crippen LogP contribution is 2.22. The largest absolute Gasteiger partial charge is 0.419 e. The van der Waals surface area contributed by atoms with Gasteiger partial charge in [0.25, 0.3) is 5.79 Å². The fourth-order valence-electron chi connectivity index (χ4n) is 2.40. The number of ether oxygens (including phenoxy) is 2. The number of para-hydroxylation sites is 1. The normalized spacial score (nSPS) is 14.6. The van der Waals surface area contributed by atoms with E-state index in [0.29, 0.717) is 18.8 Å². The molecule has 1 N–H and O–H groups in total. The van der Waals surface area contributed by atoms with Crippen molar-refractivity contribution in [3.05, 3.63) is 54.3 Å². The number of rotatable bonds is 7. The zero-order valence-electron chi connectivity index (χ0n) is 18.8. The topological polar surface area (TPSA) is 119 Å². The van der Waals surface area contributed by atoms with Gasteiger partial charge in [-0.3, -0.25) is 19.3 Å². The number of cyclic esters (lactones) is 2. The molecule has 0 saturated carbocycles. The van der Waals surface area contributed by atoms with Crippen LogP contribution in [0.5, 0.6) is 0 Å². The molecule has 1 amide bonds. The lowest BCUT2D eigenvalue weighted by Gasteiger charge is -2.29. The molecule has 172 valence electrons. The summed E-state index contributed by atoms with van der Waals surface area (Å²) in [5.74, 6) is -2.90. The van der Waals surface area contributed by atoms with Crippen LogP contribution in [-0.4, -0.2) is 48.3 Å². The van der Waals surface area contributed by atoms with E-state index in [1.165, 1.54) is 57.9 Å². The summed E-state index contributed by atoms with van der Waals surface area (Å²) in [7, 11) is 0. The van der Waals surface area contributed by atoms with Crippen LogP contribution in [0.15, 0.2) is 54.3 Å². The zero-order chi connectivity index (χ0) is 24.3. The monoisotopic (exact) mass is 444 g/mol. The summed E-state index contributed by atoms with van der Waals surface area (Å²) >= 11 is 0. The minimum Gasteiger partial charge on any atom is -0.419 e. The standard InChI is InChI=1S/C17H17NO5.C6H11NO2/c1-12(19)18(13-8-5-4-6-9-13)11-7-10-14-15(20)22-17(2,3)23-16(14)21;1-5(8)3-7-4-6(2)9/h4-11H,1-3H3;7H,3-4H2,1-2H3/b11-7+;. The molecule has 1 heterocycles. The predicted molar refractivity (Wildman–Crippen MR) is 117 cm³/mol. The van der Waals surface area contributed by atoms with Crippen molar-refractivity contribution in [2.24, 2.45) is 0 Å². The first-order chi connectivity index (χ1) is 14.9. The molecule has 0 radical (unpaired) electrons. The van der Waals surface area contributed by atoms with Crippen molar-refractivity contribution in [1.82, 2.24) is 5.32 Å². The zero-order valence-corrected chi connectivity index (χ0v) is 18.8. The van der Waals surface area contributed by atoms with Crippen LogP contribution in [0.4, 0.5) is 5.69 Å². The van der Waals surface area contributed by atoms with Crippen LogP contribution in [0, 0.1) is 0 Å². The van der Waals surface area contributed by atoms with Crippen molar-refractivity contribution in [3.8, 4) is 0 Å². The molecule has 0 spiro atoms. The van der Waals surface area contributed by atoms with Gasteiger partial charge in [0.15, 0.2) is 0 Å². The number of nitrogens with zero attached hydrogens (tertiary/aromatic N) is 1. The minimum atomic E-state index is -1.27. The summed E-state index contributed by atoms with van der Waals surface area (Å²) in [6.45, 7) is 7.90. The molecule has 1 saturated heterocycles. The number of nitrogens with one attached hydrogen (secondary N) is 1. The lowest BCUT2D eigenvalue weighted by atomic mass is 10.2. The van der Waals surface area contributed by atoms with Gasteiger partial charge in [0, 0.05) is 32.7 Å². The number of hydrogen-bond acceptors (Lipinski definition) is 8. The third-order valence-corrected chi connectivity index (χ3v) is 3.74. The summed E-state index contributed by atoms with van der Waals surface area (Å²) < 4.78 is 9.96. The second kappa shape index (κ2) is 12.3. The van der Waals surface area contributed by atoms with E-state index in [1.54, 1.807) is 24.3 Å². The van der Waals surface area contributed by atoms with Gasteiger partial charge in [-0.2, -0.15) is 0 Å². The maximum atomic E-state index is 11.8. The molecule has 1 aromatic carbocycles. The molecule has 0 unspecified atom stereocenters. The quantitative estimate of drug-likeness (QED) is 0.386. The Morgan fingerprint density at radius 2 is 1.44 bits per heavy atom. The SMILES string of the molecule is CC(=O)CNCC(C)=O.CC(=O)N(/C=C/C=C1C(=O)OC(C)(C)OC1=O)c1ccccc1. The van der Waals surface area contributed by atoms with Crippen molar-refractivity contribution in [2.75, 3.05) is 18.0 Å². The number of ketones is 2. The number of hydrogen-bond donors (Lipinski definition) is 1. The molecule has 0 atom stereocenters. The molecule has 1 aliphatic rings. The van der Waals surface area contributed by atoms with Crippen LogP contribution in [0.25, 0.3) is 0 Å². The van der Waals surface area contributed by atoms with Crippen LogP contribution in [-0.2, 0) is 33.4 Å². The summed E-state index contributed by atoms with van der Waals surface area (Å²) in [6.07, 6.45) is 4.15. The molecule has 1 aliphatic heterocycles. The van der Waals surface area contributed by atoms with Crippen molar-refractivity contribution in [2.45, 2.75) is 40.4 Å². The average molecular weight is 444 g/mol. The number of carbonyl (C=O) groups is 5. The first-order valence-electron chi connectivity index (χ1n) is 9.82. The molecule has 9 heteroatoms. The molecule has 32 heavy (non-hydrogen) atoms. The van der Waals surface area contributed by atoms with Gasteiger partial charge < -0.3 is 14.8 Å². The first-order valence-corrected chi connectivity index (χ1v) is 9.82. The molecule has 0 bridgehead atoms. The lowest BCUT2D eigenvalue weighted by molar-refractivity contribution is -0.222. The molecule has 9 nitrogen and oxygen atoms in total. The maximum absolute atomic E-state index is 11.8. The van der Waals surface area contributed by atoms with Gasteiger partial charge in [0.2, 0.25) is 5.91 Å². The highest BCUT2D eigenvalue weighted by Gasteiger charge is 2.38. The van der Waals surface area contributed by atoms with Crippen molar-refractivity contribution < 1.29 is 33.4 Å². The third kappa shape index (κ3) is 9.48. The third-order valence-electron chi connectivity index (χ3n) is 3.74. The van der Waals surface area contributed by atoms with Gasteiger partial charge in [0.05, 0.1) is 13.1 Å². The Hall–Kier alpha value is -3.59. The van der Waals surface area contributed by atoms with Crippen molar-refractivity contribution in [1.29, 1.82) is 0 Å². The Bertz CT molecular complexity index is 882. The summed E-state index contributed by atoms with van der Waals surface area (Å²) in [4.78, 5) is 57.2. The number of esters is 2. The van der Waals surface area contributed by atoms with Crippen LogP contribution in [0.2, 0.25) is 0 Å². The van der Waals surface area contributed by atoms with Gasteiger partial charge in [-0.15, -0.1) is 0 Å². The molecule has 1 aromatic rings. The van der Waals surface area contributed by atoms with E-state index in [2.05, 4.69) is 5.32 Å². The molecule has 0 aromatic heterocycles. The van der Waals surface area contributed by atoms with E-state index in [9.17, 15) is 24.0 Å². The summed E-state index contributed by atoms with van der Waals surface area (Å²) in [5.41, 5.74) is 0.446. The molecule has 0 aliphatic carbocycles. The smallest absolute Gasteiger partial charge is 0.348 e. The molecule has 2 rings (SSSR count). The van der Waals surface area contributed by atoms with Crippen LogP contribution in [0.1, 0.15) is 34.6 Å². The van der Waals surface area contributed by atoms with Crippen LogP contribution < -0.4 is 10.2 Å². The number of carbonyl (C=O) groups excluding carboxylic acids is 5. The van der Waals surface area contributed by atoms with Crippen LogP contribution in [0.3, 0.4) is 0 Å². The van der Waals surface area contributed by atoms with E-state index >= 15 is 0 Å². The van der Waals surface area contributed by atoms with E-state index in [1.807, 2.05) is 6.07 Å².